The molecule has 1 saturated heterocycles. The fraction of sp³-hybridized carbons (Fsp3) is 0.833. The van der Waals surface area contributed by atoms with Gasteiger partial charge in [-0.2, -0.15) is 0 Å². The monoisotopic (exact) mass is 130 g/mol. The van der Waals surface area contributed by atoms with Crippen LogP contribution in [0.15, 0.2) is 0 Å². The van der Waals surface area contributed by atoms with Crippen LogP contribution in [0.1, 0.15) is 19.3 Å². The van der Waals surface area contributed by atoms with Crippen LogP contribution in [-0.4, -0.2) is 19.5 Å². The van der Waals surface area contributed by atoms with Crippen LogP contribution in [-0.2, 0) is 4.79 Å². The van der Waals surface area contributed by atoms with E-state index in [0.29, 0.717) is 0 Å². The Labute approximate surface area is 55.6 Å². The molecule has 0 atom stereocenters. The molecule has 1 aliphatic rings. The van der Waals surface area contributed by atoms with Crippen LogP contribution < -0.4 is 11.1 Å². The summed E-state index contributed by atoms with van der Waals surface area (Å²) >= 11 is 0. The van der Waals surface area contributed by atoms with Gasteiger partial charge in [0.2, 0.25) is 6.41 Å². The molecule has 0 spiro atoms. The molecule has 54 valence electrons. The van der Waals surface area contributed by atoms with Crippen molar-refractivity contribution < 1.29 is 4.79 Å². The summed E-state index contributed by atoms with van der Waals surface area (Å²) in [7, 11) is 0. The molecule has 0 unspecified atom stereocenters. The van der Waals surface area contributed by atoms with Crippen molar-refractivity contribution in [3.05, 3.63) is 0 Å². The van der Waals surface area contributed by atoms with Crippen LogP contribution >= 0.6 is 0 Å². The Morgan fingerprint density at radius 3 is 1.78 bits per heavy atom. The topological polar surface area (TPSA) is 55.1 Å². The Morgan fingerprint density at radius 2 is 1.67 bits per heavy atom. The molecule has 1 fully saturated rings. The first kappa shape index (κ1) is 8.43. The summed E-state index contributed by atoms with van der Waals surface area (Å²) in [5, 5.41) is 3.28. The van der Waals surface area contributed by atoms with Gasteiger partial charge in [-0.3, -0.25) is 4.79 Å². The SMILES string of the molecule is C1CCNCC1.NC=O. The second-order valence-electron chi connectivity index (χ2n) is 1.95. The maximum absolute atomic E-state index is 8.58. The first-order valence-electron chi connectivity index (χ1n) is 3.28. The second-order valence-corrected chi connectivity index (χ2v) is 1.95. The third-order valence-corrected chi connectivity index (χ3v) is 1.21. The highest BCUT2D eigenvalue weighted by Crippen LogP contribution is 1.96. The van der Waals surface area contributed by atoms with E-state index in [1.807, 2.05) is 0 Å². The normalized spacial score (nSPS) is 17.3. The van der Waals surface area contributed by atoms with Crippen LogP contribution in [0.25, 0.3) is 0 Å². The largest absolute Gasteiger partial charge is 0.372 e. The Hall–Kier alpha value is -0.570. The van der Waals surface area contributed by atoms with Crippen molar-refractivity contribution in [3.8, 4) is 0 Å². The van der Waals surface area contributed by atoms with E-state index >= 15 is 0 Å². The van der Waals surface area contributed by atoms with Crippen molar-refractivity contribution >= 4 is 6.41 Å². The molecule has 9 heavy (non-hydrogen) atoms. The number of carbonyl (C=O) groups is 1. The van der Waals surface area contributed by atoms with E-state index in [1.165, 1.54) is 32.4 Å². The highest BCUT2D eigenvalue weighted by molar-refractivity contribution is 5.42. The van der Waals surface area contributed by atoms with E-state index in [0.717, 1.165) is 0 Å². The number of primary amides is 1. The standard InChI is InChI=1S/C5H11N.CH3NO/c1-2-4-6-5-3-1;2-1-3/h6H,1-5H2;1H,(H2,2,3). The molecule has 1 rings (SSSR count). The third kappa shape index (κ3) is 7.43. The molecule has 1 amide bonds. The average molecular weight is 130 g/mol. The summed E-state index contributed by atoms with van der Waals surface area (Å²) in [6.45, 7) is 2.50. The van der Waals surface area contributed by atoms with E-state index in [2.05, 4.69) is 11.1 Å². The van der Waals surface area contributed by atoms with Crippen LogP contribution in [0.4, 0.5) is 0 Å². The van der Waals surface area contributed by atoms with E-state index in [1.54, 1.807) is 0 Å². The zero-order chi connectivity index (χ0) is 6.95. The molecule has 3 N–H and O–H groups in total. The van der Waals surface area contributed by atoms with Gasteiger partial charge in [0.1, 0.15) is 0 Å². The number of hydrogen-bond acceptors (Lipinski definition) is 2. The van der Waals surface area contributed by atoms with Crippen molar-refractivity contribution in [2.24, 2.45) is 5.73 Å². The van der Waals surface area contributed by atoms with Crippen LogP contribution in [0, 0.1) is 0 Å². The lowest BCUT2D eigenvalue weighted by Gasteiger charge is -2.08. The molecule has 0 saturated carbocycles. The fourth-order valence-corrected chi connectivity index (χ4v) is 0.802. The molecule has 0 aromatic carbocycles. The number of rotatable bonds is 0. The smallest absolute Gasteiger partial charge is 0.204 e. The van der Waals surface area contributed by atoms with Crippen molar-refractivity contribution in [2.75, 3.05) is 13.1 Å². The highest BCUT2D eigenvalue weighted by Gasteiger charge is 1.93. The number of hydrogen-bond donors (Lipinski definition) is 2. The number of piperidine rings is 1. The molecule has 1 aliphatic heterocycles. The first-order valence-corrected chi connectivity index (χ1v) is 3.28. The van der Waals surface area contributed by atoms with Gasteiger partial charge in [0.25, 0.3) is 0 Å². The molecule has 3 nitrogen and oxygen atoms in total. The Balaban J connectivity index is 0.000000187. The van der Waals surface area contributed by atoms with Gasteiger partial charge in [-0.05, 0) is 25.9 Å². The Kier molecular flexibility index (Phi) is 6.96. The Morgan fingerprint density at radius 1 is 1.22 bits per heavy atom. The van der Waals surface area contributed by atoms with Crippen molar-refractivity contribution in [3.63, 3.8) is 0 Å². The third-order valence-electron chi connectivity index (χ3n) is 1.21. The zero-order valence-electron chi connectivity index (χ0n) is 5.60. The second kappa shape index (κ2) is 7.43. The summed E-state index contributed by atoms with van der Waals surface area (Å²) in [6.07, 6.45) is 4.47. The van der Waals surface area contributed by atoms with Crippen molar-refractivity contribution in [1.82, 2.24) is 5.32 Å². The molecular weight excluding hydrogens is 116 g/mol. The van der Waals surface area contributed by atoms with Gasteiger partial charge >= 0.3 is 0 Å². The van der Waals surface area contributed by atoms with Gasteiger partial charge in [-0.1, -0.05) is 6.42 Å². The van der Waals surface area contributed by atoms with Crippen LogP contribution in [0.5, 0.6) is 0 Å². The molecule has 0 aromatic rings. The Bertz CT molecular complexity index is 50.6. The summed E-state index contributed by atoms with van der Waals surface area (Å²) in [5.41, 5.74) is 4.17. The minimum Gasteiger partial charge on any atom is -0.372 e. The van der Waals surface area contributed by atoms with Crippen LogP contribution in [0.2, 0.25) is 0 Å². The minimum atomic E-state index is 0.250. The molecular formula is C6H14N2O. The number of amides is 1. The number of nitrogens with one attached hydrogen (secondary N) is 1. The lowest BCUT2D eigenvalue weighted by atomic mass is 10.2. The van der Waals surface area contributed by atoms with Gasteiger partial charge in [0.05, 0.1) is 0 Å². The molecule has 3 heteroatoms. The van der Waals surface area contributed by atoms with E-state index in [9.17, 15) is 0 Å². The number of nitrogens with two attached hydrogens (primary N) is 1. The zero-order valence-corrected chi connectivity index (χ0v) is 5.60. The van der Waals surface area contributed by atoms with Gasteiger partial charge in [0, 0.05) is 0 Å². The van der Waals surface area contributed by atoms with E-state index < -0.39 is 0 Å². The molecule has 1 heterocycles. The lowest BCUT2D eigenvalue weighted by molar-refractivity contribution is -0.106. The van der Waals surface area contributed by atoms with Crippen molar-refractivity contribution in [1.29, 1.82) is 0 Å². The van der Waals surface area contributed by atoms with E-state index in [-0.39, 0.29) is 6.41 Å². The molecule has 0 radical (unpaired) electrons. The molecule has 0 aliphatic carbocycles. The predicted molar refractivity (Wildman–Crippen MR) is 37.0 cm³/mol. The van der Waals surface area contributed by atoms with Gasteiger partial charge in [-0.15, -0.1) is 0 Å². The lowest BCUT2D eigenvalue weighted by Crippen LogP contribution is -2.21. The molecule has 0 aromatic heterocycles. The van der Waals surface area contributed by atoms with E-state index in [4.69, 9.17) is 4.79 Å². The highest BCUT2D eigenvalue weighted by atomic mass is 16.1. The quantitative estimate of drug-likeness (QED) is 0.448. The first-order chi connectivity index (χ1) is 4.41. The van der Waals surface area contributed by atoms with Gasteiger partial charge in [0.15, 0.2) is 0 Å². The van der Waals surface area contributed by atoms with Crippen molar-refractivity contribution in [2.45, 2.75) is 19.3 Å². The van der Waals surface area contributed by atoms with Gasteiger partial charge < -0.3 is 11.1 Å². The van der Waals surface area contributed by atoms with Crippen LogP contribution in [0.3, 0.4) is 0 Å². The summed E-state index contributed by atoms with van der Waals surface area (Å²) in [6, 6.07) is 0. The fourth-order valence-electron chi connectivity index (χ4n) is 0.802. The molecule has 0 bridgehead atoms. The average Bonchev–Trinajstić information content (AvgIpc) is 1.93. The summed E-state index contributed by atoms with van der Waals surface area (Å²) in [5.74, 6) is 0. The maximum Gasteiger partial charge on any atom is 0.204 e. The predicted octanol–water partition coefficient (Wildman–Crippen LogP) is -0.139. The summed E-state index contributed by atoms with van der Waals surface area (Å²) < 4.78 is 0. The maximum atomic E-state index is 8.58. The minimum absolute atomic E-state index is 0.250. The summed E-state index contributed by atoms with van der Waals surface area (Å²) in [4.78, 5) is 8.58. The number of carbonyl (C=O) groups excluding carboxylic acids is 1. The van der Waals surface area contributed by atoms with Gasteiger partial charge in [-0.25, -0.2) is 0 Å².